The molecule has 1 N–H and O–H groups in total. The predicted molar refractivity (Wildman–Crippen MR) is 84.9 cm³/mol. The molecule has 6 heteroatoms. The van der Waals surface area contributed by atoms with Gasteiger partial charge in [-0.2, -0.15) is 5.10 Å². The second kappa shape index (κ2) is 6.81. The average molecular weight is 333 g/mol. The zero-order chi connectivity index (χ0) is 14.7. The normalized spacial score (nSPS) is 12.7. The van der Waals surface area contributed by atoms with Crippen LogP contribution in [0.4, 0.5) is 0 Å². The zero-order valence-corrected chi connectivity index (χ0v) is 13.6. The molecule has 0 fully saturated rings. The van der Waals surface area contributed by atoms with Gasteiger partial charge in [-0.05, 0) is 37.2 Å². The molecule has 0 spiro atoms. The molecule has 1 aromatic carbocycles. The minimum Gasteiger partial charge on any atom is -0.308 e. The zero-order valence-electron chi connectivity index (χ0n) is 11.3. The molecule has 1 unspecified atom stereocenters. The van der Waals surface area contributed by atoms with Crippen LogP contribution in [-0.4, -0.2) is 16.8 Å². The van der Waals surface area contributed by atoms with Crippen molar-refractivity contribution < 1.29 is 0 Å². The van der Waals surface area contributed by atoms with E-state index < -0.39 is 0 Å². The summed E-state index contributed by atoms with van der Waals surface area (Å²) >= 11 is 18.7. The highest BCUT2D eigenvalue weighted by Gasteiger charge is 2.22. The van der Waals surface area contributed by atoms with Gasteiger partial charge in [0.25, 0.3) is 0 Å². The van der Waals surface area contributed by atoms with Crippen LogP contribution in [0.25, 0.3) is 0 Å². The molecule has 1 atom stereocenters. The standard InChI is InChI=1S/C14H16Cl3N3/c1-3-6-20-14(12(17)8-19-20)13(18-2)10-7-9(15)4-5-11(10)16/h4-5,7-8,13,18H,3,6H2,1-2H3. The van der Waals surface area contributed by atoms with E-state index >= 15 is 0 Å². The lowest BCUT2D eigenvalue weighted by molar-refractivity contribution is 0.535. The summed E-state index contributed by atoms with van der Waals surface area (Å²) in [5.74, 6) is 0. The number of nitrogens with zero attached hydrogens (tertiary/aromatic N) is 2. The minimum absolute atomic E-state index is 0.150. The third-order valence-corrected chi connectivity index (χ3v) is 3.97. The van der Waals surface area contributed by atoms with Crippen LogP contribution in [0.5, 0.6) is 0 Å². The lowest BCUT2D eigenvalue weighted by Crippen LogP contribution is -2.22. The van der Waals surface area contributed by atoms with Crippen LogP contribution >= 0.6 is 34.8 Å². The number of hydrogen-bond donors (Lipinski definition) is 1. The van der Waals surface area contributed by atoms with Gasteiger partial charge in [0.05, 0.1) is 23.0 Å². The van der Waals surface area contributed by atoms with Crippen LogP contribution in [0.3, 0.4) is 0 Å². The molecule has 2 aromatic rings. The van der Waals surface area contributed by atoms with Crippen molar-refractivity contribution in [3.8, 4) is 0 Å². The fourth-order valence-electron chi connectivity index (χ4n) is 2.22. The highest BCUT2D eigenvalue weighted by atomic mass is 35.5. The molecule has 20 heavy (non-hydrogen) atoms. The van der Waals surface area contributed by atoms with Gasteiger partial charge in [-0.25, -0.2) is 0 Å². The summed E-state index contributed by atoms with van der Waals surface area (Å²) in [4.78, 5) is 0. The Hall–Kier alpha value is -0.740. The van der Waals surface area contributed by atoms with Crippen molar-refractivity contribution in [2.24, 2.45) is 0 Å². The number of benzene rings is 1. The highest BCUT2D eigenvalue weighted by molar-refractivity contribution is 6.34. The number of rotatable bonds is 5. The molecule has 0 aliphatic heterocycles. The van der Waals surface area contributed by atoms with Crippen LogP contribution in [0.2, 0.25) is 15.1 Å². The average Bonchev–Trinajstić information content (AvgIpc) is 2.77. The van der Waals surface area contributed by atoms with Crippen LogP contribution in [0.1, 0.15) is 30.6 Å². The molecule has 0 radical (unpaired) electrons. The minimum atomic E-state index is -0.150. The quantitative estimate of drug-likeness (QED) is 0.869. The number of nitrogens with one attached hydrogen (secondary N) is 1. The summed E-state index contributed by atoms with van der Waals surface area (Å²) in [7, 11) is 1.86. The first-order valence-corrected chi connectivity index (χ1v) is 7.55. The van der Waals surface area contributed by atoms with Crippen molar-refractivity contribution in [3.05, 3.63) is 50.7 Å². The third kappa shape index (κ3) is 3.12. The monoisotopic (exact) mass is 331 g/mol. The van der Waals surface area contributed by atoms with Gasteiger partial charge >= 0.3 is 0 Å². The first kappa shape index (κ1) is 15.6. The number of aromatic nitrogens is 2. The third-order valence-electron chi connectivity index (χ3n) is 3.10. The number of aryl methyl sites for hydroxylation is 1. The van der Waals surface area contributed by atoms with Crippen molar-refractivity contribution in [3.63, 3.8) is 0 Å². The maximum Gasteiger partial charge on any atom is 0.0837 e. The molecule has 1 heterocycles. The van der Waals surface area contributed by atoms with Gasteiger partial charge < -0.3 is 5.32 Å². The Bertz CT molecular complexity index is 595. The lowest BCUT2D eigenvalue weighted by Gasteiger charge is -2.20. The maximum absolute atomic E-state index is 6.30. The van der Waals surface area contributed by atoms with E-state index in [0.29, 0.717) is 15.1 Å². The molecule has 108 valence electrons. The van der Waals surface area contributed by atoms with E-state index in [1.165, 1.54) is 0 Å². The molecule has 2 rings (SSSR count). The second-order valence-corrected chi connectivity index (χ2v) is 5.74. The first-order valence-electron chi connectivity index (χ1n) is 6.41. The summed E-state index contributed by atoms with van der Waals surface area (Å²) in [5, 5.41) is 9.47. The molecule has 0 saturated heterocycles. The first-order chi connectivity index (χ1) is 9.58. The molecular weight excluding hydrogens is 317 g/mol. The van der Waals surface area contributed by atoms with Gasteiger partial charge in [0.2, 0.25) is 0 Å². The molecule has 3 nitrogen and oxygen atoms in total. The van der Waals surface area contributed by atoms with Gasteiger partial charge in [-0.1, -0.05) is 41.7 Å². The van der Waals surface area contributed by atoms with Gasteiger partial charge in [-0.3, -0.25) is 4.68 Å². The maximum atomic E-state index is 6.30. The van der Waals surface area contributed by atoms with E-state index in [2.05, 4.69) is 17.3 Å². The van der Waals surface area contributed by atoms with Crippen LogP contribution in [0, 0.1) is 0 Å². The Labute approximate surface area is 133 Å². The van der Waals surface area contributed by atoms with Gasteiger partial charge in [-0.15, -0.1) is 0 Å². The smallest absolute Gasteiger partial charge is 0.0837 e. The van der Waals surface area contributed by atoms with Crippen molar-refractivity contribution >= 4 is 34.8 Å². The summed E-state index contributed by atoms with van der Waals surface area (Å²) in [6, 6.07) is 5.26. The Morgan fingerprint density at radius 1 is 1.25 bits per heavy atom. The van der Waals surface area contributed by atoms with Crippen molar-refractivity contribution in [1.82, 2.24) is 15.1 Å². The number of halogens is 3. The molecule has 0 saturated carbocycles. The second-order valence-electron chi connectivity index (χ2n) is 4.49. The van der Waals surface area contributed by atoms with E-state index in [0.717, 1.165) is 24.2 Å². The Kier molecular flexibility index (Phi) is 5.33. The van der Waals surface area contributed by atoms with Gasteiger partial charge in [0.1, 0.15) is 0 Å². The SMILES string of the molecule is CCCn1ncc(Cl)c1C(NC)c1cc(Cl)ccc1Cl. The lowest BCUT2D eigenvalue weighted by atomic mass is 10.0. The van der Waals surface area contributed by atoms with Crippen molar-refractivity contribution in [2.75, 3.05) is 7.05 Å². The van der Waals surface area contributed by atoms with E-state index in [-0.39, 0.29) is 6.04 Å². The largest absolute Gasteiger partial charge is 0.308 e. The van der Waals surface area contributed by atoms with Crippen LogP contribution < -0.4 is 5.32 Å². The Morgan fingerprint density at radius 3 is 2.65 bits per heavy atom. The van der Waals surface area contributed by atoms with Crippen LogP contribution in [-0.2, 0) is 6.54 Å². The summed E-state index contributed by atoms with van der Waals surface area (Å²) in [6.07, 6.45) is 2.64. The van der Waals surface area contributed by atoms with Crippen LogP contribution in [0.15, 0.2) is 24.4 Å². The molecule has 0 amide bonds. The van der Waals surface area contributed by atoms with Gasteiger partial charge in [0.15, 0.2) is 0 Å². The summed E-state index contributed by atoms with van der Waals surface area (Å²) in [6.45, 7) is 2.90. The van der Waals surface area contributed by atoms with E-state index in [1.807, 2.05) is 17.8 Å². The predicted octanol–water partition coefficient (Wildman–Crippen LogP) is 4.56. The fourth-order valence-corrected chi connectivity index (χ4v) is 2.88. The van der Waals surface area contributed by atoms with E-state index in [9.17, 15) is 0 Å². The van der Waals surface area contributed by atoms with E-state index in [1.54, 1.807) is 18.3 Å². The molecular formula is C14H16Cl3N3. The van der Waals surface area contributed by atoms with Crippen molar-refractivity contribution in [1.29, 1.82) is 0 Å². The topological polar surface area (TPSA) is 29.9 Å². The Balaban J connectivity index is 2.52. The summed E-state index contributed by atoms with van der Waals surface area (Å²) < 4.78 is 1.90. The number of hydrogen-bond acceptors (Lipinski definition) is 2. The van der Waals surface area contributed by atoms with Crippen molar-refractivity contribution in [2.45, 2.75) is 25.9 Å². The molecule has 0 bridgehead atoms. The molecule has 0 aliphatic carbocycles. The van der Waals surface area contributed by atoms with Gasteiger partial charge in [0, 0.05) is 16.6 Å². The Morgan fingerprint density at radius 2 is 2.00 bits per heavy atom. The summed E-state index contributed by atoms with van der Waals surface area (Å²) in [5.41, 5.74) is 1.79. The molecule has 0 aliphatic rings. The fraction of sp³-hybridized carbons (Fsp3) is 0.357. The molecule has 1 aromatic heterocycles. The highest BCUT2D eigenvalue weighted by Crippen LogP contribution is 2.33. The van der Waals surface area contributed by atoms with E-state index in [4.69, 9.17) is 34.8 Å².